The summed E-state index contributed by atoms with van der Waals surface area (Å²) in [5.41, 5.74) is 1.22. The van der Waals surface area contributed by atoms with Crippen LogP contribution in [0.5, 0.6) is 5.75 Å². The molecule has 1 atom stereocenters. The Kier molecular flexibility index (Phi) is 7.59. The van der Waals surface area contributed by atoms with Gasteiger partial charge in [0.05, 0.1) is 13.2 Å². The van der Waals surface area contributed by atoms with Crippen molar-refractivity contribution in [2.75, 3.05) is 33.8 Å². The largest absolute Gasteiger partial charge is 0.497 e. The van der Waals surface area contributed by atoms with E-state index in [0.29, 0.717) is 19.0 Å². The van der Waals surface area contributed by atoms with E-state index in [0.717, 1.165) is 18.8 Å². The number of methoxy groups -OCH3 is 1. The molecule has 0 aliphatic carbocycles. The lowest BCUT2D eigenvalue weighted by Crippen LogP contribution is -2.37. The van der Waals surface area contributed by atoms with Gasteiger partial charge in [0.25, 0.3) is 0 Å². The average molecular weight is 280 g/mol. The van der Waals surface area contributed by atoms with Crippen LogP contribution in [-0.2, 0) is 6.54 Å². The Balaban J connectivity index is 2.29. The molecule has 1 aromatic rings. The predicted molar refractivity (Wildman–Crippen MR) is 83.0 cm³/mol. The molecule has 1 aromatic carbocycles. The highest BCUT2D eigenvalue weighted by molar-refractivity contribution is 5.27. The first-order valence-corrected chi connectivity index (χ1v) is 7.21. The smallest absolute Gasteiger partial charge is 0.118 e. The van der Waals surface area contributed by atoms with Crippen molar-refractivity contribution < 1.29 is 9.84 Å². The highest BCUT2D eigenvalue weighted by atomic mass is 16.5. The Bertz CT molecular complexity index is 365. The van der Waals surface area contributed by atoms with Crippen LogP contribution in [0.25, 0.3) is 0 Å². The van der Waals surface area contributed by atoms with Crippen LogP contribution in [0.4, 0.5) is 0 Å². The summed E-state index contributed by atoms with van der Waals surface area (Å²) < 4.78 is 5.14. The molecule has 2 N–H and O–H groups in total. The highest BCUT2D eigenvalue weighted by Gasteiger charge is 2.08. The number of hydrogen-bond acceptors (Lipinski definition) is 4. The van der Waals surface area contributed by atoms with Gasteiger partial charge in [0.15, 0.2) is 0 Å². The minimum atomic E-state index is -0.336. The van der Waals surface area contributed by atoms with Gasteiger partial charge in [0, 0.05) is 19.6 Å². The van der Waals surface area contributed by atoms with E-state index in [1.54, 1.807) is 7.11 Å². The van der Waals surface area contributed by atoms with Crippen molar-refractivity contribution in [1.29, 1.82) is 0 Å². The molecule has 0 heterocycles. The van der Waals surface area contributed by atoms with Gasteiger partial charge in [-0.25, -0.2) is 0 Å². The van der Waals surface area contributed by atoms with Crippen molar-refractivity contribution in [3.8, 4) is 5.75 Å². The molecule has 1 unspecified atom stereocenters. The Hall–Kier alpha value is -1.10. The molecule has 4 heteroatoms. The summed E-state index contributed by atoms with van der Waals surface area (Å²) in [7, 11) is 3.69. The number of hydrogen-bond donors (Lipinski definition) is 2. The molecule has 1 rings (SSSR count). The van der Waals surface area contributed by atoms with Crippen molar-refractivity contribution in [3.63, 3.8) is 0 Å². The van der Waals surface area contributed by atoms with Crippen LogP contribution < -0.4 is 10.1 Å². The third-order valence-electron chi connectivity index (χ3n) is 3.07. The number of nitrogens with zero attached hydrogens (tertiary/aromatic N) is 1. The van der Waals surface area contributed by atoms with Gasteiger partial charge in [-0.3, -0.25) is 4.90 Å². The maximum absolute atomic E-state index is 9.97. The van der Waals surface area contributed by atoms with Gasteiger partial charge < -0.3 is 15.2 Å². The van der Waals surface area contributed by atoms with E-state index in [1.807, 2.05) is 19.2 Å². The fourth-order valence-electron chi connectivity index (χ4n) is 2.07. The zero-order valence-electron chi connectivity index (χ0n) is 13.1. The summed E-state index contributed by atoms with van der Waals surface area (Å²) in [6.45, 7) is 7.40. The quantitative estimate of drug-likeness (QED) is 0.723. The summed E-state index contributed by atoms with van der Waals surface area (Å²) in [6, 6.07) is 8.03. The minimum Gasteiger partial charge on any atom is -0.497 e. The number of nitrogens with one attached hydrogen (secondary N) is 1. The lowest BCUT2D eigenvalue weighted by atomic mass is 10.2. The molecule has 114 valence electrons. The first kappa shape index (κ1) is 17.0. The van der Waals surface area contributed by atoms with Gasteiger partial charge in [-0.05, 0) is 37.2 Å². The summed E-state index contributed by atoms with van der Waals surface area (Å²) in [4.78, 5) is 2.13. The van der Waals surface area contributed by atoms with Gasteiger partial charge in [-0.2, -0.15) is 0 Å². The number of aliphatic hydroxyl groups excluding tert-OH is 1. The summed E-state index contributed by atoms with van der Waals surface area (Å²) in [5.74, 6) is 1.48. The van der Waals surface area contributed by atoms with Crippen LogP contribution in [0.15, 0.2) is 24.3 Å². The molecular formula is C16H28N2O2. The molecule has 0 fully saturated rings. The molecule has 0 saturated carbocycles. The van der Waals surface area contributed by atoms with E-state index in [2.05, 4.69) is 36.2 Å². The molecule has 0 saturated heterocycles. The van der Waals surface area contributed by atoms with E-state index < -0.39 is 0 Å². The van der Waals surface area contributed by atoms with Crippen molar-refractivity contribution >= 4 is 0 Å². The number of likely N-dealkylation sites (N-methyl/N-ethyl adjacent to an activating group) is 1. The third-order valence-corrected chi connectivity index (χ3v) is 3.07. The van der Waals surface area contributed by atoms with Gasteiger partial charge in [0.2, 0.25) is 0 Å². The molecule has 0 amide bonds. The zero-order valence-corrected chi connectivity index (χ0v) is 13.1. The van der Waals surface area contributed by atoms with E-state index in [9.17, 15) is 5.11 Å². The van der Waals surface area contributed by atoms with Gasteiger partial charge in [-0.15, -0.1) is 0 Å². The van der Waals surface area contributed by atoms with E-state index >= 15 is 0 Å². The predicted octanol–water partition coefficient (Wildman–Crippen LogP) is 1.73. The van der Waals surface area contributed by atoms with Gasteiger partial charge in [0.1, 0.15) is 5.75 Å². The molecule has 0 aliphatic rings. The molecule has 20 heavy (non-hydrogen) atoms. The fourth-order valence-corrected chi connectivity index (χ4v) is 2.07. The molecule has 0 aliphatic heterocycles. The highest BCUT2D eigenvalue weighted by Crippen LogP contribution is 2.12. The fraction of sp³-hybridized carbons (Fsp3) is 0.625. The molecule has 4 nitrogen and oxygen atoms in total. The SMILES string of the molecule is COc1ccc(CN(C)CC(O)CNCC(C)C)cc1. The number of rotatable bonds is 9. The Labute approximate surface area is 122 Å². The first-order valence-electron chi connectivity index (χ1n) is 7.21. The molecule has 0 spiro atoms. The summed E-state index contributed by atoms with van der Waals surface area (Å²) >= 11 is 0. The Morgan fingerprint density at radius 3 is 2.40 bits per heavy atom. The standard InChI is InChI=1S/C16H28N2O2/c1-13(2)9-17-10-15(19)12-18(3)11-14-5-7-16(20-4)8-6-14/h5-8,13,15,17,19H,9-12H2,1-4H3. The number of benzene rings is 1. The normalized spacial score (nSPS) is 12.9. The van der Waals surface area contributed by atoms with E-state index in [1.165, 1.54) is 5.56 Å². The lowest BCUT2D eigenvalue weighted by Gasteiger charge is -2.21. The van der Waals surface area contributed by atoms with Crippen molar-refractivity contribution in [1.82, 2.24) is 10.2 Å². The van der Waals surface area contributed by atoms with Crippen molar-refractivity contribution in [3.05, 3.63) is 29.8 Å². The van der Waals surface area contributed by atoms with E-state index in [-0.39, 0.29) is 6.10 Å². The molecule has 0 aromatic heterocycles. The first-order chi connectivity index (χ1) is 9.51. The second-order valence-corrected chi connectivity index (χ2v) is 5.75. The lowest BCUT2D eigenvalue weighted by molar-refractivity contribution is 0.120. The van der Waals surface area contributed by atoms with Crippen LogP contribution in [0.1, 0.15) is 19.4 Å². The molecule has 0 radical (unpaired) electrons. The maximum Gasteiger partial charge on any atom is 0.118 e. The second-order valence-electron chi connectivity index (χ2n) is 5.75. The number of aliphatic hydroxyl groups is 1. The summed E-state index contributed by atoms with van der Waals surface area (Å²) in [5, 5.41) is 13.2. The maximum atomic E-state index is 9.97. The van der Waals surface area contributed by atoms with Gasteiger partial charge in [-0.1, -0.05) is 26.0 Å². The van der Waals surface area contributed by atoms with Gasteiger partial charge >= 0.3 is 0 Å². The second kappa shape index (κ2) is 8.95. The third kappa shape index (κ3) is 6.89. The van der Waals surface area contributed by atoms with Crippen molar-refractivity contribution in [2.24, 2.45) is 5.92 Å². The molecule has 0 bridgehead atoms. The molecular weight excluding hydrogens is 252 g/mol. The van der Waals surface area contributed by atoms with Crippen LogP contribution in [-0.4, -0.2) is 49.9 Å². The van der Waals surface area contributed by atoms with Crippen LogP contribution >= 0.6 is 0 Å². The summed E-state index contributed by atoms with van der Waals surface area (Å²) in [6.07, 6.45) is -0.336. The zero-order chi connectivity index (χ0) is 15.0. The van der Waals surface area contributed by atoms with E-state index in [4.69, 9.17) is 4.74 Å². The Morgan fingerprint density at radius 2 is 1.85 bits per heavy atom. The van der Waals surface area contributed by atoms with Crippen LogP contribution in [0, 0.1) is 5.92 Å². The topological polar surface area (TPSA) is 44.7 Å². The van der Waals surface area contributed by atoms with Crippen LogP contribution in [0.3, 0.4) is 0 Å². The number of ether oxygens (including phenoxy) is 1. The monoisotopic (exact) mass is 280 g/mol. The average Bonchev–Trinajstić information content (AvgIpc) is 2.38. The Morgan fingerprint density at radius 1 is 1.20 bits per heavy atom. The minimum absolute atomic E-state index is 0.336. The van der Waals surface area contributed by atoms with Crippen molar-refractivity contribution in [2.45, 2.75) is 26.5 Å². The van der Waals surface area contributed by atoms with Crippen LogP contribution in [0.2, 0.25) is 0 Å².